The fourth-order valence-corrected chi connectivity index (χ4v) is 1.91. The van der Waals surface area contributed by atoms with Crippen molar-refractivity contribution in [3.8, 4) is 0 Å². The molecule has 7 heteroatoms. The molecule has 0 unspecified atom stereocenters. The van der Waals surface area contributed by atoms with E-state index in [1.54, 1.807) is 0 Å². The van der Waals surface area contributed by atoms with Crippen LogP contribution in [0, 0.1) is 0 Å². The molecule has 1 atom stereocenters. The smallest absolute Gasteiger partial charge is 0.163 e. The summed E-state index contributed by atoms with van der Waals surface area (Å²) in [5.41, 5.74) is 5.36. The molecule has 0 saturated carbocycles. The Bertz CT molecular complexity index is 264. The van der Waals surface area contributed by atoms with Gasteiger partial charge < -0.3 is 34.2 Å². The molecule has 0 amide bonds. The summed E-state index contributed by atoms with van der Waals surface area (Å²) >= 11 is 0. The van der Waals surface area contributed by atoms with Gasteiger partial charge in [0.15, 0.2) is 5.79 Å². The normalized spacial score (nSPS) is 20.6. The van der Waals surface area contributed by atoms with Gasteiger partial charge in [0, 0.05) is 6.61 Å². The molecule has 1 aliphatic rings. The predicted octanol–water partition coefficient (Wildman–Crippen LogP) is 0.553. The Hall–Kier alpha value is -0.280. The second kappa shape index (κ2) is 12.2. The maximum atomic E-state index is 5.63. The van der Waals surface area contributed by atoms with Crippen molar-refractivity contribution in [3.05, 3.63) is 0 Å². The van der Waals surface area contributed by atoms with Crippen LogP contribution in [0.5, 0.6) is 0 Å². The molecular formula is C15H31NO6. The summed E-state index contributed by atoms with van der Waals surface area (Å²) in [6, 6.07) is 0. The van der Waals surface area contributed by atoms with E-state index in [0.29, 0.717) is 66.0 Å². The summed E-state index contributed by atoms with van der Waals surface area (Å²) < 4.78 is 32.7. The van der Waals surface area contributed by atoms with E-state index < -0.39 is 5.79 Å². The highest BCUT2D eigenvalue weighted by atomic mass is 16.7. The summed E-state index contributed by atoms with van der Waals surface area (Å²) in [6.07, 6.45) is 0.899. The largest absolute Gasteiger partial charge is 0.379 e. The van der Waals surface area contributed by atoms with Crippen molar-refractivity contribution in [2.24, 2.45) is 5.73 Å². The number of hydrogen-bond donors (Lipinski definition) is 1. The average molecular weight is 321 g/mol. The maximum Gasteiger partial charge on any atom is 0.163 e. The Morgan fingerprint density at radius 3 is 1.95 bits per heavy atom. The lowest BCUT2D eigenvalue weighted by molar-refractivity contribution is -0.145. The zero-order chi connectivity index (χ0) is 16.1. The summed E-state index contributed by atoms with van der Waals surface area (Å²) in [5, 5.41) is 0. The molecule has 1 saturated heterocycles. The highest BCUT2D eigenvalue weighted by Gasteiger charge is 2.32. The summed E-state index contributed by atoms with van der Waals surface area (Å²) in [5.74, 6) is -0.490. The lowest BCUT2D eigenvalue weighted by atomic mass is 10.4. The van der Waals surface area contributed by atoms with Gasteiger partial charge in [0.25, 0.3) is 0 Å². The maximum absolute atomic E-state index is 5.63. The molecule has 0 radical (unpaired) electrons. The predicted molar refractivity (Wildman–Crippen MR) is 81.9 cm³/mol. The molecular weight excluding hydrogens is 290 g/mol. The third-order valence-electron chi connectivity index (χ3n) is 2.98. The lowest BCUT2D eigenvalue weighted by Gasteiger charge is -2.17. The van der Waals surface area contributed by atoms with E-state index in [2.05, 4.69) is 0 Å². The number of rotatable bonds is 14. The molecule has 0 aromatic heterocycles. The third-order valence-corrected chi connectivity index (χ3v) is 2.98. The SMILES string of the molecule is CC1(C)OC[C@@H](COCCOCCOCCOCCCN)O1. The molecule has 7 nitrogen and oxygen atoms in total. The minimum atomic E-state index is -0.490. The van der Waals surface area contributed by atoms with E-state index in [1.165, 1.54) is 0 Å². The Kier molecular flexibility index (Phi) is 10.9. The highest BCUT2D eigenvalue weighted by molar-refractivity contribution is 4.70. The van der Waals surface area contributed by atoms with Gasteiger partial charge in [-0.25, -0.2) is 0 Å². The second-order valence-corrected chi connectivity index (χ2v) is 5.50. The van der Waals surface area contributed by atoms with Gasteiger partial charge in [0.2, 0.25) is 0 Å². The van der Waals surface area contributed by atoms with E-state index in [4.69, 9.17) is 34.2 Å². The van der Waals surface area contributed by atoms with Crippen molar-refractivity contribution < 1.29 is 28.4 Å². The summed E-state index contributed by atoms with van der Waals surface area (Å²) in [4.78, 5) is 0. The molecule has 0 aliphatic carbocycles. The minimum absolute atomic E-state index is 0.0117. The van der Waals surface area contributed by atoms with Crippen LogP contribution >= 0.6 is 0 Å². The van der Waals surface area contributed by atoms with Crippen molar-refractivity contribution in [1.82, 2.24) is 0 Å². The van der Waals surface area contributed by atoms with Gasteiger partial charge in [-0.15, -0.1) is 0 Å². The van der Waals surface area contributed by atoms with Gasteiger partial charge in [0.1, 0.15) is 6.10 Å². The topological polar surface area (TPSA) is 81.4 Å². The van der Waals surface area contributed by atoms with Crippen molar-refractivity contribution >= 4 is 0 Å². The molecule has 0 aromatic carbocycles. The van der Waals surface area contributed by atoms with Gasteiger partial charge in [0.05, 0.1) is 52.9 Å². The summed E-state index contributed by atoms with van der Waals surface area (Å²) in [6.45, 7) is 9.67. The number of ether oxygens (including phenoxy) is 6. The van der Waals surface area contributed by atoms with E-state index in [0.717, 1.165) is 6.42 Å². The van der Waals surface area contributed by atoms with Crippen molar-refractivity contribution in [2.75, 3.05) is 66.0 Å². The first-order chi connectivity index (χ1) is 10.6. The molecule has 0 bridgehead atoms. The fourth-order valence-electron chi connectivity index (χ4n) is 1.91. The monoisotopic (exact) mass is 321 g/mol. The van der Waals surface area contributed by atoms with Crippen LogP contribution in [-0.4, -0.2) is 77.9 Å². The zero-order valence-electron chi connectivity index (χ0n) is 13.9. The standard InChI is InChI=1S/C15H31NO6/c1-15(2)21-13-14(22-15)12-20-11-10-19-9-8-18-7-6-17-5-3-4-16/h14H,3-13,16H2,1-2H3/t14-/m1/s1. The minimum Gasteiger partial charge on any atom is -0.379 e. The van der Waals surface area contributed by atoms with Crippen LogP contribution in [-0.2, 0) is 28.4 Å². The molecule has 2 N–H and O–H groups in total. The van der Waals surface area contributed by atoms with Gasteiger partial charge in [-0.3, -0.25) is 0 Å². The first-order valence-corrected chi connectivity index (χ1v) is 7.97. The van der Waals surface area contributed by atoms with Crippen LogP contribution in [0.2, 0.25) is 0 Å². The van der Waals surface area contributed by atoms with Crippen LogP contribution in [0.15, 0.2) is 0 Å². The molecule has 0 aromatic rings. The number of hydrogen-bond acceptors (Lipinski definition) is 7. The van der Waals surface area contributed by atoms with E-state index >= 15 is 0 Å². The Morgan fingerprint density at radius 1 is 0.909 bits per heavy atom. The average Bonchev–Trinajstić information content (AvgIpc) is 2.83. The molecule has 22 heavy (non-hydrogen) atoms. The van der Waals surface area contributed by atoms with E-state index in [9.17, 15) is 0 Å². The molecule has 1 fully saturated rings. The summed E-state index contributed by atoms with van der Waals surface area (Å²) in [7, 11) is 0. The molecule has 1 aliphatic heterocycles. The van der Waals surface area contributed by atoms with Crippen LogP contribution < -0.4 is 5.73 Å². The molecule has 1 rings (SSSR count). The Morgan fingerprint density at radius 2 is 1.45 bits per heavy atom. The first-order valence-electron chi connectivity index (χ1n) is 7.97. The van der Waals surface area contributed by atoms with Gasteiger partial charge in [-0.1, -0.05) is 0 Å². The van der Waals surface area contributed by atoms with Gasteiger partial charge >= 0.3 is 0 Å². The molecule has 0 spiro atoms. The lowest BCUT2D eigenvalue weighted by Crippen LogP contribution is -2.24. The Labute approximate surface area is 133 Å². The fraction of sp³-hybridized carbons (Fsp3) is 1.00. The highest BCUT2D eigenvalue weighted by Crippen LogP contribution is 2.22. The third kappa shape index (κ3) is 10.4. The zero-order valence-corrected chi connectivity index (χ0v) is 13.9. The first kappa shape index (κ1) is 19.8. The van der Waals surface area contributed by atoms with Crippen LogP contribution in [0.3, 0.4) is 0 Å². The quantitative estimate of drug-likeness (QED) is 0.468. The van der Waals surface area contributed by atoms with Crippen molar-refractivity contribution in [2.45, 2.75) is 32.2 Å². The van der Waals surface area contributed by atoms with Crippen LogP contribution in [0.1, 0.15) is 20.3 Å². The van der Waals surface area contributed by atoms with Gasteiger partial charge in [-0.05, 0) is 26.8 Å². The van der Waals surface area contributed by atoms with Crippen molar-refractivity contribution in [1.29, 1.82) is 0 Å². The molecule has 1 heterocycles. The van der Waals surface area contributed by atoms with Crippen molar-refractivity contribution in [3.63, 3.8) is 0 Å². The van der Waals surface area contributed by atoms with E-state index in [-0.39, 0.29) is 6.10 Å². The van der Waals surface area contributed by atoms with Crippen LogP contribution in [0.25, 0.3) is 0 Å². The van der Waals surface area contributed by atoms with Gasteiger partial charge in [-0.2, -0.15) is 0 Å². The van der Waals surface area contributed by atoms with Crippen LogP contribution in [0.4, 0.5) is 0 Å². The molecule has 132 valence electrons. The number of nitrogens with two attached hydrogens (primary N) is 1. The second-order valence-electron chi connectivity index (χ2n) is 5.50. The van der Waals surface area contributed by atoms with E-state index in [1.807, 2.05) is 13.8 Å². The Balaban J connectivity index is 1.73.